The SMILES string of the molecule is NNC(=O)C1CCN(C(=O)c2ccc(OCCc3ccccc3)cc2)CC1. The zero-order valence-corrected chi connectivity index (χ0v) is 15.3. The van der Waals surface area contributed by atoms with Gasteiger partial charge in [-0.25, -0.2) is 5.84 Å². The summed E-state index contributed by atoms with van der Waals surface area (Å²) in [6.45, 7) is 1.71. The third-order valence-corrected chi connectivity index (χ3v) is 4.90. The molecule has 0 atom stereocenters. The molecule has 0 saturated carbocycles. The molecule has 0 spiro atoms. The van der Waals surface area contributed by atoms with Crippen molar-refractivity contribution in [3.63, 3.8) is 0 Å². The summed E-state index contributed by atoms with van der Waals surface area (Å²) in [5.41, 5.74) is 4.05. The van der Waals surface area contributed by atoms with Gasteiger partial charge in [0.1, 0.15) is 5.75 Å². The highest BCUT2D eigenvalue weighted by Crippen LogP contribution is 2.20. The number of carbonyl (C=O) groups is 2. The van der Waals surface area contributed by atoms with E-state index in [1.54, 1.807) is 17.0 Å². The summed E-state index contributed by atoms with van der Waals surface area (Å²) in [5, 5.41) is 0. The Hall–Kier alpha value is -2.86. The first-order valence-electron chi connectivity index (χ1n) is 9.24. The fraction of sp³-hybridized carbons (Fsp3) is 0.333. The van der Waals surface area contributed by atoms with E-state index in [0.29, 0.717) is 38.1 Å². The molecule has 27 heavy (non-hydrogen) atoms. The molecule has 3 N–H and O–H groups in total. The highest BCUT2D eigenvalue weighted by atomic mass is 16.5. The van der Waals surface area contributed by atoms with E-state index in [9.17, 15) is 9.59 Å². The first-order valence-corrected chi connectivity index (χ1v) is 9.24. The number of hydrogen-bond donors (Lipinski definition) is 2. The summed E-state index contributed by atoms with van der Waals surface area (Å²) >= 11 is 0. The van der Waals surface area contributed by atoms with Crippen LogP contribution in [0.2, 0.25) is 0 Å². The molecule has 6 nitrogen and oxygen atoms in total. The molecular formula is C21H25N3O3. The summed E-state index contributed by atoms with van der Waals surface area (Å²) in [6, 6.07) is 17.4. The number of carbonyl (C=O) groups excluding carboxylic acids is 2. The first-order chi connectivity index (χ1) is 13.2. The van der Waals surface area contributed by atoms with Crippen LogP contribution in [-0.2, 0) is 11.2 Å². The van der Waals surface area contributed by atoms with E-state index in [0.717, 1.165) is 12.2 Å². The third kappa shape index (κ3) is 5.08. The fourth-order valence-corrected chi connectivity index (χ4v) is 3.27. The van der Waals surface area contributed by atoms with Crippen molar-refractivity contribution in [2.45, 2.75) is 19.3 Å². The van der Waals surface area contributed by atoms with Gasteiger partial charge in [-0.05, 0) is 42.7 Å². The Morgan fingerprint density at radius 1 is 1.04 bits per heavy atom. The summed E-state index contributed by atoms with van der Waals surface area (Å²) in [5.74, 6) is 5.65. The smallest absolute Gasteiger partial charge is 0.253 e. The maximum atomic E-state index is 12.6. The molecule has 2 aromatic rings. The molecule has 0 radical (unpaired) electrons. The predicted octanol–water partition coefficient (Wildman–Crippen LogP) is 2.15. The Morgan fingerprint density at radius 3 is 2.33 bits per heavy atom. The second-order valence-electron chi connectivity index (χ2n) is 6.68. The number of piperidine rings is 1. The van der Waals surface area contributed by atoms with Crippen LogP contribution in [0.25, 0.3) is 0 Å². The maximum Gasteiger partial charge on any atom is 0.253 e. The van der Waals surface area contributed by atoms with Gasteiger partial charge in [0.2, 0.25) is 5.91 Å². The molecule has 2 amide bonds. The molecule has 1 aliphatic heterocycles. The van der Waals surface area contributed by atoms with Gasteiger partial charge in [0.25, 0.3) is 5.91 Å². The minimum Gasteiger partial charge on any atom is -0.493 e. The van der Waals surface area contributed by atoms with Crippen molar-refractivity contribution in [2.24, 2.45) is 11.8 Å². The number of nitrogens with zero attached hydrogens (tertiary/aromatic N) is 1. The lowest BCUT2D eigenvalue weighted by molar-refractivity contribution is -0.126. The van der Waals surface area contributed by atoms with E-state index in [1.807, 2.05) is 30.3 Å². The molecule has 1 fully saturated rings. The van der Waals surface area contributed by atoms with Crippen molar-refractivity contribution in [3.05, 3.63) is 65.7 Å². The Balaban J connectivity index is 1.48. The van der Waals surface area contributed by atoms with Gasteiger partial charge in [-0.15, -0.1) is 0 Å². The Labute approximate surface area is 159 Å². The monoisotopic (exact) mass is 367 g/mol. The van der Waals surface area contributed by atoms with Gasteiger partial charge in [-0.2, -0.15) is 0 Å². The van der Waals surface area contributed by atoms with Crippen LogP contribution in [0, 0.1) is 5.92 Å². The first kappa shape index (κ1) is 18.9. The van der Waals surface area contributed by atoms with Crippen LogP contribution in [0.15, 0.2) is 54.6 Å². The van der Waals surface area contributed by atoms with Crippen molar-refractivity contribution in [3.8, 4) is 5.75 Å². The van der Waals surface area contributed by atoms with Crippen molar-refractivity contribution >= 4 is 11.8 Å². The molecule has 0 aromatic heterocycles. The van der Waals surface area contributed by atoms with E-state index < -0.39 is 0 Å². The number of hydrogen-bond acceptors (Lipinski definition) is 4. The average molecular weight is 367 g/mol. The van der Waals surface area contributed by atoms with Crippen LogP contribution >= 0.6 is 0 Å². The zero-order valence-electron chi connectivity index (χ0n) is 15.3. The Kier molecular flexibility index (Phi) is 6.44. The number of ether oxygens (including phenoxy) is 1. The molecule has 0 unspecified atom stereocenters. The second kappa shape index (κ2) is 9.19. The summed E-state index contributed by atoms with van der Waals surface area (Å²) in [7, 11) is 0. The Bertz CT molecular complexity index is 754. The highest BCUT2D eigenvalue weighted by Gasteiger charge is 2.27. The van der Waals surface area contributed by atoms with Gasteiger partial charge < -0.3 is 9.64 Å². The third-order valence-electron chi connectivity index (χ3n) is 4.90. The van der Waals surface area contributed by atoms with E-state index in [2.05, 4.69) is 17.6 Å². The summed E-state index contributed by atoms with van der Waals surface area (Å²) in [4.78, 5) is 26.0. The molecule has 1 aliphatic rings. The van der Waals surface area contributed by atoms with Gasteiger partial charge in [0, 0.05) is 31.0 Å². The second-order valence-corrected chi connectivity index (χ2v) is 6.68. The standard InChI is InChI=1S/C21H25N3O3/c22-23-20(25)17-10-13-24(14-11-17)21(26)18-6-8-19(9-7-18)27-15-12-16-4-2-1-3-5-16/h1-9,17H,10-15,22H2,(H,23,25). The van der Waals surface area contributed by atoms with Crippen LogP contribution in [0.5, 0.6) is 5.75 Å². The summed E-state index contributed by atoms with van der Waals surface area (Å²) < 4.78 is 5.76. The number of hydrazine groups is 1. The van der Waals surface area contributed by atoms with E-state index in [4.69, 9.17) is 10.6 Å². The number of nitrogens with two attached hydrogens (primary N) is 1. The average Bonchev–Trinajstić information content (AvgIpc) is 2.74. The number of amides is 2. The Morgan fingerprint density at radius 2 is 1.70 bits per heavy atom. The predicted molar refractivity (Wildman–Crippen MR) is 103 cm³/mol. The topological polar surface area (TPSA) is 84.7 Å². The zero-order chi connectivity index (χ0) is 19.1. The molecule has 0 bridgehead atoms. The molecule has 1 saturated heterocycles. The minimum atomic E-state index is -0.154. The minimum absolute atomic E-state index is 0.0163. The number of nitrogens with one attached hydrogen (secondary N) is 1. The van der Waals surface area contributed by atoms with Crippen molar-refractivity contribution in [1.82, 2.24) is 10.3 Å². The quantitative estimate of drug-likeness (QED) is 0.465. The maximum absolute atomic E-state index is 12.6. The molecule has 142 valence electrons. The van der Waals surface area contributed by atoms with Gasteiger partial charge >= 0.3 is 0 Å². The molecule has 0 aliphatic carbocycles. The lowest BCUT2D eigenvalue weighted by Crippen LogP contribution is -2.44. The van der Waals surface area contributed by atoms with Gasteiger partial charge in [0.05, 0.1) is 6.61 Å². The van der Waals surface area contributed by atoms with E-state index in [1.165, 1.54) is 5.56 Å². The van der Waals surface area contributed by atoms with Gasteiger partial charge in [-0.3, -0.25) is 15.0 Å². The summed E-state index contributed by atoms with van der Waals surface area (Å²) in [6.07, 6.45) is 2.11. The lowest BCUT2D eigenvalue weighted by atomic mass is 9.95. The van der Waals surface area contributed by atoms with Crippen molar-refractivity contribution < 1.29 is 14.3 Å². The molecule has 1 heterocycles. The fourth-order valence-electron chi connectivity index (χ4n) is 3.27. The highest BCUT2D eigenvalue weighted by molar-refractivity contribution is 5.94. The van der Waals surface area contributed by atoms with Crippen LogP contribution < -0.4 is 16.0 Å². The lowest BCUT2D eigenvalue weighted by Gasteiger charge is -2.31. The van der Waals surface area contributed by atoms with Crippen LogP contribution in [0.3, 0.4) is 0 Å². The number of rotatable bonds is 6. The van der Waals surface area contributed by atoms with Gasteiger partial charge in [0.15, 0.2) is 0 Å². The van der Waals surface area contributed by atoms with Gasteiger partial charge in [-0.1, -0.05) is 30.3 Å². The van der Waals surface area contributed by atoms with E-state index in [-0.39, 0.29) is 17.7 Å². The van der Waals surface area contributed by atoms with Crippen molar-refractivity contribution in [2.75, 3.05) is 19.7 Å². The molecular weight excluding hydrogens is 342 g/mol. The van der Waals surface area contributed by atoms with Crippen molar-refractivity contribution in [1.29, 1.82) is 0 Å². The molecule has 6 heteroatoms. The normalized spacial score (nSPS) is 14.6. The largest absolute Gasteiger partial charge is 0.493 e. The van der Waals surface area contributed by atoms with E-state index >= 15 is 0 Å². The van der Waals surface area contributed by atoms with Crippen LogP contribution in [0.4, 0.5) is 0 Å². The number of benzene rings is 2. The van der Waals surface area contributed by atoms with Crippen LogP contribution in [0.1, 0.15) is 28.8 Å². The number of likely N-dealkylation sites (tertiary alicyclic amines) is 1. The van der Waals surface area contributed by atoms with Crippen LogP contribution in [-0.4, -0.2) is 36.4 Å². The molecule has 3 rings (SSSR count). The molecule has 2 aromatic carbocycles.